The highest BCUT2D eigenvalue weighted by Gasteiger charge is 2.36. The van der Waals surface area contributed by atoms with Gasteiger partial charge in [-0.3, -0.25) is 4.79 Å². The van der Waals surface area contributed by atoms with Crippen LogP contribution in [0.2, 0.25) is 0 Å². The van der Waals surface area contributed by atoms with Crippen molar-refractivity contribution in [3.8, 4) is 0 Å². The third-order valence-electron chi connectivity index (χ3n) is 5.25. The zero-order valence-corrected chi connectivity index (χ0v) is 18.7. The number of benzene rings is 2. The number of sulfone groups is 1. The topological polar surface area (TPSA) is 101 Å². The van der Waals surface area contributed by atoms with E-state index < -0.39 is 32.8 Å². The van der Waals surface area contributed by atoms with Crippen molar-refractivity contribution in [2.45, 2.75) is 22.7 Å². The van der Waals surface area contributed by atoms with E-state index in [1.807, 2.05) is 30.3 Å². The molecule has 0 saturated carbocycles. The van der Waals surface area contributed by atoms with Crippen molar-refractivity contribution in [2.75, 3.05) is 13.1 Å². The third-order valence-corrected chi connectivity index (χ3v) is 9.03. The maximum Gasteiger partial charge on any atom is 0.323 e. The van der Waals surface area contributed by atoms with Gasteiger partial charge in [0, 0.05) is 18.0 Å². The summed E-state index contributed by atoms with van der Waals surface area (Å²) >= 11 is 1.02. The highest BCUT2D eigenvalue weighted by molar-refractivity contribution is 8.14. The molecule has 10 heteroatoms. The van der Waals surface area contributed by atoms with Crippen LogP contribution in [0.15, 0.2) is 59.1 Å². The Morgan fingerprint density at radius 3 is 2.78 bits per heavy atom. The number of imidazole rings is 1. The van der Waals surface area contributed by atoms with Gasteiger partial charge < -0.3 is 15.0 Å². The van der Waals surface area contributed by atoms with Crippen molar-refractivity contribution in [1.82, 2.24) is 14.9 Å². The molecule has 0 bridgehead atoms. The highest BCUT2D eigenvalue weighted by atomic mass is 32.3. The number of halogens is 1. The largest absolute Gasteiger partial charge is 0.480 e. The standard InChI is InChI=1S/C22H22FN3O4S2/c23-17-6-7-19-18(12-17)25-22(26(19)14-20(27)28)31-21(16-8-10-24-13-16)32(29,30)11-9-15-4-2-1-3-5-15/h1-7,9,11-12,16,21,24H,8,10,13-14H2,(H,27,28). The second-order valence-corrected chi connectivity index (χ2v) is 10.9. The Balaban J connectivity index is 1.73. The van der Waals surface area contributed by atoms with E-state index in [1.165, 1.54) is 28.2 Å². The Morgan fingerprint density at radius 1 is 1.31 bits per heavy atom. The van der Waals surface area contributed by atoms with Crippen molar-refractivity contribution >= 4 is 44.7 Å². The van der Waals surface area contributed by atoms with Crippen LogP contribution in [0.1, 0.15) is 12.0 Å². The SMILES string of the molecule is O=C(O)Cn1c(SC(C2CCNC2)S(=O)(=O)C=Cc2ccccc2)nc2cc(F)ccc21. The molecule has 1 aromatic heterocycles. The Hall–Kier alpha value is -2.69. The zero-order valence-electron chi connectivity index (χ0n) is 17.0. The first-order valence-electron chi connectivity index (χ1n) is 10.1. The number of thioether (sulfide) groups is 1. The Kier molecular flexibility index (Phi) is 6.63. The Labute approximate surface area is 189 Å². The minimum atomic E-state index is -3.73. The molecule has 1 aliphatic heterocycles. The maximum absolute atomic E-state index is 13.7. The van der Waals surface area contributed by atoms with E-state index in [-0.39, 0.29) is 16.6 Å². The normalized spacial score (nSPS) is 17.8. The predicted octanol–water partition coefficient (Wildman–Crippen LogP) is 3.37. The van der Waals surface area contributed by atoms with Crippen LogP contribution in [0.3, 0.4) is 0 Å². The molecule has 0 radical (unpaired) electrons. The molecule has 2 heterocycles. The number of fused-ring (bicyclic) bond motifs is 1. The smallest absolute Gasteiger partial charge is 0.323 e. The summed E-state index contributed by atoms with van der Waals surface area (Å²) in [5, 5.41) is 14.0. The van der Waals surface area contributed by atoms with E-state index in [4.69, 9.17) is 0 Å². The minimum absolute atomic E-state index is 0.180. The molecule has 2 aromatic carbocycles. The lowest BCUT2D eigenvalue weighted by Crippen LogP contribution is -2.28. The fraction of sp³-hybridized carbons (Fsp3) is 0.273. The summed E-state index contributed by atoms with van der Waals surface area (Å²) in [5.74, 6) is -1.77. The van der Waals surface area contributed by atoms with E-state index in [2.05, 4.69) is 10.3 Å². The maximum atomic E-state index is 13.7. The quantitative estimate of drug-likeness (QED) is 0.482. The van der Waals surface area contributed by atoms with Crippen molar-refractivity contribution in [1.29, 1.82) is 0 Å². The molecule has 3 aromatic rings. The van der Waals surface area contributed by atoms with E-state index in [9.17, 15) is 22.7 Å². The van der Waals surface area contributed by atoms with Gasteiger partial charge in [-0.1, -0.05) is 42.1 Å². The number of nitrogens with zero attached hydrogens (tertiary/aromatic N) is 2. The lowest BCUT2D eigenvalue weighted by molar-refractivity contribution is -0.137. The van der Waals surface area contributed by atoms with E-state index >= 15 is 0 Å². The molecule has 2 N–H and O–H groups in total. The van der Waals surface area contributed by atoms with Gasteiger partial charge in [-0.15, -0.1) is 0 Å². The summed E-state index contributed by atoms with van der Waals surface area (Å²) in [6.45, 7) is 0.834. The number of rotatable bonds is 8. The molecule has 2 atom stereocenters. The van der Waals surface area contributed by atoms with Gasteiger partial charge in [0.2, 0.25) is 0 Å². The summed E-state index contributed by atoms with van der Waals surface area (Å²) < 4.78 is 41.0. The van der Waals surface area contributed by atoms with Crippen LogP contribution in [0.5, 0.6) is 0 Å². The lowest BCUT2D eigenvalue weighted by Gasteiger charge is -2.21. The molecule has 1 aliphatic rings. The lowest BCUT2D eigenvalue weighted by atomic mass is 10.1. The number of carboxylic acid groups (broad SMARTS) is 1. The van der Waals surface area contributed by atoms with Gasteiger partial charge >= 0.3 is 5.97 Å². The monoisotopic (exact) mass is 475 g/mol. The molecule has 0 aliphatic carbocycles. The van der Waals surface area contributed by atoms with Crippen LogP contribution in [0.25, 0.3) is 17.1 Å². The van der Waals surface area contributed by atoms with E-state index in [0.29, 0.717) is 25.0 Å². The molecule has 4 rings (SSSR count). The van der Waals surface area contributed by atoms with Crippen LogP contribution in [0.4, 0.5) is 4.39 Å². The molecule has 7 nitrogen and oxygen atoms in total. The first-order valence-corrected chi connectivity index (χ1v) is 12.5. The van der Waals surface area contributed by atoms with Crippen molar-refractivity contribution in [3.63, 3.8) is 0 Å². The van der Waals surface area contributed by atoms with Gasteiger partial charge in [-0.05, 0) is 42.7 Å². The fourth-order valence-electron chi connectivity index (χ4n) is 3.72. The average molecular weight is 476 g/mol. The van der Waals surface area contributed by atoms with Gasteiger partial charge in [-0.2, -0.15) is 0 Å². The predicted molar refractivity (Wildman–Crippen MR) is 122 cm³/mol. The zero-order chi connectivity index (χ0) is 22.7. The number of hydrogen-bond acceptors (Lipinski definition) is 6. The number of aliphatic carboxylic acids is 1. The summed E-state index contributed by atoms with van der Waals surface area (Å²) in [7, 11) is -3.73. The molecule has 2 unspecified atom stereocenters. The number of carbonyl (C=O) groups is 1. The molecule has 32 heavy (non-hydrogen) atoms. The Bertz CT molecular complexity index is 1250. The second-order valence-electron chi connectivity index (χ2n) is 7.55. The van der Waals surface area contributed by atoms with Crippen molar-refractivity contribution < 1.29 is 22.7 Å². The number of carboxylic acids is 1. The van der Waals surface area contributed by atoms with Crippen LogP contribution >= 0.6 is 11.8 Å². The number of hydrogen-bond donors (Lipinski definition) is 2. The first kappa shape index (κ1) is 22.5. The van der Waals surface area contributed by atoms with Gasteiger partial charge in [0.1, 0.15) is 16.9 Å². The van der Waals surface area contributed by atoms with Crippen molar-refractivity contribution in [2.24, 2.45) is 5.92 Å². The molecule has 0 amide bonds. The van der Waals surface area contributed by atoms with Gasteiger partial charge in [-0.25, -0.2) is 17.8 Å². The molecule has 168 valence electrons. The van der Waals surface area contributed by atoms with Crippen LogP contribution in [-0.4, -0.2) is 46.7 Å². The fourth-order valence-corrected chi connectivity index (χ4v) is 7.05. The van der Waals surface area contributed by atoms with Crippen molar-refractivity contribution in [3.05, 3.63) is 65.3 Å². The molecular formula is C22H22FN3O4S2. The van der Waals surface area contributed by atoms with Gasteiger partial charge in [0.05, 0.1) is 11.0 Å². The molecule has 0 spiro atoms. The highest BCUT2D eigenvalue weighted by Crippen LogP contribution is 2.37. The van der Waals surface area contributed by atoms with E-state index in [0.717, 1.165) is 17.3 Å². The third kappa shape index (κ3) is 5.03. The summed E-state index contributed by atoms with van der Waals surface area (Å²) in [6.07, 6.45) is 2.23. The summed E-state index contributed by atoms with van der Waals surface area (Å²) in [6, 6.07) is 13.0. The average Bonchev–Trinajstić information content (AvgIpc) is 3.39. The van der Waals surface area contributed by atoms with Crippen LogP contribution < -0.4 is 5.32 Å². The van der Waals surface area contributed by atoms with E-state index in [1.54, 1.807) is 6.08 Å². The first-order chi connectivity index (χ1) is 15.3. The minimum Gasteiger partial charge on any atom is -0.480 e. The Morgan fingerprint density at radius 2 is 2.09 bits per heavy atom. The van der Waals surface area contributed by atoms with Gasteiger partial charge in [0.15, 0.2) is 15.0 Å². The number of aromatic nitrogens is 2. The summed E-state index contributed by atoms with van der Waals surface area (Å²) in [5.41, 5.74) is 1.49. The van der Waals surface area contributed by atoms with Crippen LogP contribution in [-0.2, 0) is 21.2 Å². The van der Waals surface area contributed by atoms with Crippen LogP contribution in [0, 0.1) is 11.7 Å². The second kappa shape index (κ2) is 9.43. The number of nitrogens with one attached hydrogen (secondary N) is 1. The summed E-state index contributed by atoms with van der Waals surface area (Å²) in [4.78, 5) is 15.8. The molecular weight excluding hydrogens is 453 g/mol. The van der Waals surface area contributed by atoms with Gasteiger partial charge in [0.25, 0.3) is 0 Å². The molecule has 1 saturated heterocycles. The molecule has 1 fully saturated rings.